The zero-order valence-corrected chi connectivity index (χ0v) is 15.1. The van der Waals surface area contributed by atoms with Crippen LogP contribution >= 0.6 is 11.8 Å². The number of anilines is 1. The number of hydrogen-bond acceptors (Lipinski definition) is 5. The molecule has 7 heteroatoms. The number of carbonyl (C=O) groups excluding carboxylic acids is 1. The number of rotatable bonds is 6. The highest BCUT2D eigenvalue weighted by molar-refractivity contribution is 7.98. The van der Waals surface area contributed by atoms with Crippen LogP contribution in [-0.2, 0) is 0 Å². The molecular formula is C18H20N4O2S. The minimum absolute atomic E-state index is 0.174. The second kappa shape index (κ2) is 8.34. The van der Waals surface area contributed by atoms with Crippen LogP contribution < -0.4 is 10.1 Å². The molecule has 1 amide bonds. The van der Waals surface area contributed by atoms with E-state index in [4.69, 9.17) is 15.6 Å². The highest BCUT2D eigenvalue weighted by atomic mass is 32.2. The fourth-order valence-corrected chi connectivity index (χ4v) is 2.63. The van der Waals surface area contributed by atoms with Crippen LogP contribution in [0.25, 0.3) is 0 Å². The second-order valence-corrected chi connectivity index (χ2v) is 6.07. The van der Waals surface area contributed by atoms with Gasteiger partial charge in [0.1, 0.15) is 11.6 Å². The Hall–Kier alpha value is -2.80. The first-order valence-corrected chi connectivity index (χ1v) is 8.68. The number of carbonyl (C=O) groups is 1. The van der Waals surface area contributed by atoms with Gasteiger partial charge in [0.25, 0.3) is 5.91 Å². The second-order valence-electron chi connectivity index (χ2n) is 5.19. The van der Waals surface area contributed by atoms with Gasteiger partial charge in [0.05, 0.1) is 19.0 Å². The summed E-state index contributed by atoms with van der Waals surface area (Å²) in [7, 11) is 3.16. The van der Waals surface area contributed by atoms with E-state index >= 15 is 0 Å². The zero-order chi connectivity index (χ0) is 18.4. The van der Waals surface area contributed by atoms with Crippen molar-refractivity contribution in [3.63, 3.8) is 0 Å². The Morgan fingerprint density at radius 2 is 2.04 bits per heavy atom. The van der Waals surface area contributed by atoms with Crippen LogP contribution in [0.4, 0.5) is 5.69 Å². The molecule has 0 atom stereocenters. The lowest BCUT2D eigenvalue weighted by Gasteiger charge is -2.15. The van der Waals surface area contributed by atoms with Crippen LogP contribution in [0.2, 0.25) is 0 Å². The van der Waals surface area contributed by atoms with Gasteiger partial charge in [0.15, 0.2) is 0 Å². The predicted molar refractivity (Wildman–Crippen MR) is 103 cm³/mol. The molecular weight excluding hydrogens is 336 g/mol. The number of nitrogens with zero attached hydrogens (tertiary/aromatic N) is 1. The Morgan fingerprint density at radius 3 is 2.68 bits per heavy atom. The third-order valence-electron chi connectivity index (χ3n) is 3.59. The van der Waals surface area contributed by atoms with Crippen LogP contribution in [0.3, 0.4) is 0 Å². The number of nitrogens with one attached hydrogen (secondary N) is 3. The van der Waals surface area contributed by atoms with Gasteiger partial charge in [-0.25, -0.2) is 0 Å². The molecule has 3 N–H and O–H groups in total. The third kappa shape index (κ3) is 4.39. The Labute approximate surface area is 151 Å². The molecule has 0 saturated carbocycles. The summed E-state index contributed by atoms with van der Waals surface area (Å²) in [5.41, 5.74) is 1.62. The first kappa shape index (κ1) is 18.5. The van der Waals surface area contributed by atoms with E-state index in [9.17, 15) is 4.79 Å². The predicted octanol–water partition coefficient (Wildman–Crippen LogP) is 3.53. The molecule has 0 aliphatic carbocycles. The van der Waals surface area contributed by atoms with Crippen molar-refractivity contribution in [1.29, 1.82) is 10.8 Å². The van der Waals surface area contributed by atoms with Gasteiger partial charge in [-0.05, 0) is 36.6 Å². The van der Waals surface area contributed by atoms with E-state index in [1.54, 1.807) is 49.1 Å². The number of methoxy groups -OCH3 is 1. The summed E-state index contributed by atoms with van der Waals surface area (Å²) in [5, 5.41) is 18.1. The number of ether oxygens (including phenoxy) is 1. The molecule has 0 heterocycles. The maximum absolute atomic E-state index is 12.6. The lowest BCUT2D eigenvalue weighted by Crippen LogP contribution is -2.24. The minimum atomic E-state index is -0.284. The minimum Gasteiger partial charge on any atom is -0.496 e. The number of benzene rings is 2. The molecule has 130 valence electrons. The molecule has 0 aliphatic heterocycles. The van der Waals surface area contributed by atoms with Crippen molar-refractivity contribution in [3.8, 4) is 5.75 Å². The lowest BCUT2D eigenvalue weighted by atomic mass is 10.1. The molecule has 0 fully saturated rings. The highest BCUT2D eigenvalue weighted by Crippen LogP contribution is 2.26. The highest BCUT2D eigenvalue weighted by Gasteiger charge is 2.14. The van der Waals surface area contributed by atoms with E-state index in [0.29, 0.717) is 22.6 Å². The normalized spacial score (nSPS) is 10.0. The monoisotopic (exact) mass is 356 g/mol. The molecule has 0 radical (unpaired) electrons. The third-order valence-corrected chi connectivity index (χ3v) is 4.32. The van der Waals surface area contributed by atoms with Crippen LogP contribution in [0.15, 0.2) is 47.4 Å². The largest absolute Gasteiger partial charge is 0.496 e. The zero-order valence-electron chi connectivity index (χ0n) is 14.3. The van der Waals surface area contributed by atoms with Gasteiger partial charge in [-0.2, -0.15) is 0 Å². The summed E-state index contributed by atoms with van der Waals surface area (Å²) in [6.45, 7) is 0. The van der Waals surface area contributed by atoms with E-state index in [0.717, 1.165) is 11.2 Å². The van der Waals surface area contributed by atoms with Crippen molar-refractivity contribution >= 4 is 35.5 Å². The molecule has 0 aliphatic rings. The van der Waals surface area contributed by atoms with Gasteiger partial charge >= 0.3 is 0 Å². The summed E-state index contributed by atoms with van der Waals surface area (Å²) >= 11 is 1.57. The van der Waals surface area contributed by atoms with E-state index in [1.807, 2.05) is 18.4 Å². The summed E-state index contributed by atoms with van der Waals surface area (Å²) in [4.78, 5) is 15.0. The molecule has 0 spiro atoms. The van der Waals surface area contributed by atoms with Crippen LogP contribution in [0.5, 0.6) is 5.75 Å². The Morgan fingerprint density at radius 1 is 1.28 bits per heavy atom. The summed E-state index contributed by atoms with van der Waals surface area (Å²) in [6.07, 6.45) is 3.02. The molecule has 0 aromatic heterocycles. The Kier molecular flexibility index (Phi) is 6.19. The van der Waals surface area contributed by atoms with Crippen LogP contribution in [0, 0.1) is 10.8 Å². The number of amides is 1. The first-order chi connectivity index (χ1) is 12.0. The molecule has 0 bridgehead atoms. The summed E-state index contributed by atoms with van der Waals surface area (Å²) < 4.78 is 5.31. The first-order valence-electron chi connectivity index (χ1n) is 7.46. The van der Waals surface area contributed by atoms with Gasteiger partial charge in [-0.3, -0.25) is 15.6 Å². The molecule has 0 saturated heterocycles. The topological polar surface area (TPSA) is 89.3 Å². The van der Waals surface area contributed by atoms with E-state index in [1.165, 1.54) is 12.0 Å². The Balaban J connectivity index is 2.24. The van der Waals surface area contributed by atoms with Crippen LogP contribution in [-0.4, -0.2) is 43.4 Å². The van der Waals surface area contributed by atoms with Gasteiger partial charge in [-0.1, -0.05) is 12.1 Å². The number of hydrogen-bond donors (Lipinski definition) is 3. The molecule has 2 rings (SSSR count). The SMILES string of the molecule is COc1cc(SC)ccc1C(=O)Nc1cccc(C(=N)N(C)C=N)c1. The van der Waals surface area contributed by atoms with E-state index in [2.05, 4.69) is 5.32 Å². The molecule has 6 nitrogen and oxygen atoms in total. The van der Waals surface area contributed by atoms with Gasteiger partial charge < -0.3 is 15.0 Å². The van der Waals surface area contributed by atoms with Crippen LogP contribution in [0.1, 0.15) is 15.9 Å². The fraction of sp³-hybridized carbons (Fsp3) is 0.167. The van der Waals surface area contributed by atoms with Gasteiger partial charge in [0.2, 0.25) is 0 Å². The number of amidine groups is 1. The maximum Gasteiger partial charge on any atom is 0.259 e. The van der Waals surface area contributed by atoms with Gasteiger partial charge in [0, 0.05) is 23.2 Å². The Bertz CT molecular complexity index is 807. The lowest BCUT2D eigenvalue weighted by molar-refractivity contribution is 0.102. The van der Waals surface area contributed by atoms with Crippen molar-refractivity contribution in [2.24, 2.45) is 0 Å². The van der Waals surface area contributed by atoms with Gasteiger partial charge in [-0.15, -0.1) is 11.8 Å². The van der Waals surface area contributed by atoms with Crippen molar-refractivity contribution in [2.75, 3.05) is 25.7 Å². The quantitative estimate of drug-likeness (QED) is 0.420. The summed E-state index contributed by atoms with van der Waals surface area (Å²) in [5.74, 6) is 0.401. The van der Waals surface area contributed by atoms with Crippen molar-refractivity contribution < 1.29 is 9.53 Å². The average Bonchev–Trinajstić information content (AvgIpc) is 2.66. The van der Waals surface area contributed by atoms with E-state index < -0.39 is 0 Å². The van der Waals surface area contributed by atoms with Crippen molar-refractivity contribution in [3.05, 3.63) is 53.6 Å². The molecule has 0 unspecified atom stereocenters. The molecule has 2 aromatic rings. The van der Waals surface area contributed by atoms with Crippen molar-refractivity contribution in [2.45, 2.75) is 4.90 Å². The fourth-order valence-electron chi connectivity index (χ4n) is 2.20. The standard InChI is InChI=1S/C18H20N4O2S/c1-22(11-19)17(20)12-5-4-6-13(9-12)21-18(23)15-8-7-14(25-3)10-16(15)24-2/h4-11,19-20H,1-3H3,(H,21,23). The smallest absolute Gasteiger partial charge is 0.259 e. The van der Waals surface area contributed by atoms with E-state index in [-0.39, 0.29) is 11.7 Å². The van der Waals surface area contributed by atoms with Crippen molar-refractivity contribution in [1.82, 2.24) is 4.90 Å². The molecule has 2 aromatic carbocycles. The average molecular weight is 356 g/mol. The maximum atomic E-state index is 12.6. The molecule has 25 heavy (non-hydrogen) atoms. The summed E-state index contributed by atoms with van der Waals surface area (Å²) in [6, 6.07) is 12.4. The number of thioether (sulfide) groups is 1.